The zero-order valence-electron chi connectivity index (χ0n) is 10.4. The third-order valence-electron chi connectivity index (χ3n) is 2.69. The Balaban J connectivity index is 2.10. The molecular formula is C12H15N3O3S. The third-order valence-corrected chi connectivity index (χ3v) is 4.11. The van der Waals surface area contributed by atoms with Gasteiger partial charge in [-0.1, -0.05) is 12.1 Å². The molecule has 1 aromatic carbocycles. The molecule has 0 aliphatic rings. The van der Waals surface area contributed by atoms with E-state index >= 15 is 0 Å². The number of hydrogen-bond acceptors (Lipinski definition) is 4. The van der Waals surface area contributed by atoms with Gasteiger partial charge in [0.1, 0.15) is 0 Å². The average molecular weight is 281 g/mol. The molecule has 0 radical (unpaired) electrons. The van der Waals surface area contributed by atoms with Crippen LogP contribution in [0.1, 0.15) is 24.2 Å². The molecule has 1 unspecified atom stereocenters. The van der Waals surface area contributed by atoms with Crippen molar-refractivity contribution in [3.8, 4) is 0 Å². The molecule has 0 saturated carbocycles. The molecule has 1 heterocycles. The first-order valence-corrected chi connectivity index (χ1v) is 7.23. The van der Waals surface area contributed by atoms with Crippen LogP contribution in [0.25, 0.3) is 0 Å². The predicted molar refractivity (Wildman–Crippen MR) is 69.7 cm³/mol. The zero-order valence-corrected chi connectivity index (χ0v) is 11.2. The summed E-state index contributed by atoms with van der Waals surface area (Å²) in [6.07, 6.45) is 2.56. The van der Waals surface area contributed by atoms with Crippen molar-refractivity contribution in [2.75, 3.05) is 0 Å². The van der Waals surface area contributed by atoms with E-state index in [9.17, 15) is 13.5 Å². The number of rotatable bonds is 5. The molecule has 1 atom stereocenters. The molecule has 0 saturated heterocycles. The van der Waals surface area contributed by atoms with Gasteiger partial charge < -0.3 is 5.11 Å². The van der Waals surface area contributed by atoms with Gasteiger partial charge in [-0.25, -0.2) is 13.1 Å². The summed E-state index contributed by atoms with van der Waals surface area (Å²) in [5.74, 6) is 0. The molecule has 2 aromatic rings. The van der Waals surface area contributed by atoms with E-state index in [1.165, 1.54) is 12.1 Å². The number of sulfonamides is 1. The predicted octanol–water partition coefficient (Wildman–Crippen LogP) is 0.942. The van der Waals surface area contributed by atoms with E-state index in [-0.39, 0.29) is 11.4 Å². The van der Waals surface area contributed by atoms with Crippen LogP contribution in [0.2, 0.25) is 0 Å². The molecule has 0 spiro atoms. The SMILES string of the molecule is CC(O)c1ccc(S(=O)(=O)NCc2cn[nH]c2)cc1. The molecule has 1 aromatic heterocycles. The third kappa shape index (κ3) is 3.40. The number of aliphatic hydroxyl groups is 1. The number of hydrogen-bond donors (Lipinski definition) is 3. The Morgan fingerprint density at radius 2 is 2.05 bits per heavy atom. The van der Waals surface area contributed by atoms with Gasteiger partial charge in [0.05, 0.1) is 17.2 Å². The summed E-state index contributed by atoms with van der Waals surface area (Å²) < 4.78 is 26.5. The second kappa shape index (κ2) is 5.52. The maximum Gasteiger partial charge on any atom is 0.240 e. The van der Waals surface area contributed by atoms with Gasteiger partial charge in [0.15, 0.2) is 0 Å². The Bertz CT molecular complexity index is 619. The highest BCUT2D eigenvalue weighted by molar-refractivity contribution is 7.89. The summed E-state index contributed by atoms with van der Waals surface area (Å²) in [4.78, 5) is 0.167. The zero-order chi connectivity index (χ0) is 13.9. The van der Waals surface area contributed by atoms with Gasteiger partial charge in [0, 0.05) is 18.3 Å². The first-order valence-electron chi connectivity index (χ1n) is 5.74. The molecule has 7 heteroatoms. The standard InChI is InChI=1S/C12H15N3O3S/c1-9(16)11-2-4-12(5-3-11)19(17,18)15-8-10-6-13-14-7-10/h2-7,9,15-16H,8H2,1H3,(H,13,14). The van der Waals surface area contributed by atoms with Crippen LogP contribution in [0.4, 0.5) is 0 Å². The Morgan fingerprint density at radius 1 is 1.37 bits per heavy atom. The molecule has 0 aliphatic carbocycles. The molecule has 2 rings (SSSR count). The van der Waals surface area contributed by atoms with Gasteiger partial charge in [0.2, 0.25) is 10.0 Å². The summed E-state index contributed by atoms with van der Waals surface area (Å²) in [6, 6.07) is 6.13. The van der Waals surface area contributed by atoms with E-state index in [1.807, 2.05) is 0 Å². The number of nitrogens with zero attached hydrogens (tertiary/aromatic N) is 1. The van der Waals surface area contributed by atoms with Gasteiger partial charge in [0.25, 0.3) is 0 Å². The molecule has 0 fully saturated rings. The molecule has 6 nitrogen and oxygen atoms in total. The van der Waals surface area contributed by atoms with Crippen LogP contribution in [0.15, 0.2) is 41.6 Å². The van der Waals surface area contributed by atoms with Crippen LogP contribution in [0, 0.1) is 0 Å². The number of nitrogens with one attached hydrogen (secondary N) is 2. The Kier molecular flexibility index (Phi) is 3.98. The highest BCUT2D eigenvalue weighted by Gasteiger charge is 2.14. The molecule has 0 amide bonds. The van der Waals surface area contributed by atoms with Crippen molar-refractivity contribution < 1.29 is 13.5 Å². The van der Waals surface area contributed by atoms with Crippen molar-refractivity contribution >= 4 is 10.0 Å². The van der Waals surface area contributed by atoms with Crippen molar-refractivity contribution in [2.45, 2.75) is 24.5 Å². The van der Waals surface area contributed by atoms with Crippen LogP contribution < -0.4 is 4.72 Å². The monoisotopic (exact) mass is 281 g/mol. The van der Waals surface area contributed by atoms with E-state index < -0.39 is 16.1 Å². The van der Waals surface area contributed by atoms with Crippen LogP contribution >= 0.6 is 0 Å². The fraction of sp³-hybridized carbons (Fsp3) is 0.250. The fourth-order valence-corrected chi connectivity index (χ4v) is 2.58. The first-order chi connectivity index (χ1) is 8.99. The quantitative estimate of drug-likeness (QED) is 0.760. The maximum absolute atomic E-state index is 12.0. The number of aliphatic hydroxyl groups excluding tert-OH is 1. The van der Waals surface area contributed by atoms with E-state index in [1.54, 1.807) is 31.5 Å². The van der Waals surface area contributed by atoms with Crippen molar-refractivity contribution in [1.29, 1.82) is 0 Å². The van der Waals surface area contributed by atoms with E-state index in [2.05, 4.69) is 14.9 Å². The number of aromatic amines is 1. The van der Waals surface area contributed by atoms with E-state index in [4.69, 9.17) is 0 Å². The van der Waals surface area contributed by atoms with E-state index in [0.29, 0.717) is 5.56 Å². The van der Waals surface area contributed by atoms with Gasteiger partial charge >= 0.3 is 0 Å². The summed E-state index contributed by atoms with van der Waals surface area (Å²) >= 11 is 0. The molecular weight excluding hydrogens is 266 g/mol. The molecule has 0 aliphatic heterocycles. The van der Waals surface area contributed by atoms with Gasteiger partial charge in [-0.3, -0.25) is 5.10 Å². The molecule has 102 valence electrons. The highest BCUT2D eigenvalue weighted by Crippen LogP contribution is 2.16. The van der Waals surface area contributed by atoms with Crippen molar-refractivity contribution in [2.24, 2.45) is 0 Å². The Hall–Kier alpha value is -1.70. The summed E-state index contributed by atoms with van der Waals surface area (Å²) in [5, 5.41) is 15.7. The molecule has 19 heavy (non-hydrogen) atoms. The lowest BCUT2D eigenvalue weighted by Gasteiger charge is -2.08. The second-order valence-electron chi connectivity index (χ2n) is 4.18. The second-order valence-corrected chi connectivity index (χ2v) is 5.94. The lowest BCUT2D eigenvalue weighted by molar-refractivity contribution is 0.199. The minimum atomic E-state index is -3.55. The lowest BCUT2D eigenvalue weighted by atomic mass is 10.1. The normalized spacial score (nSPS) is 13.4. The lowest BCUT2D eigenvalue weighted by Crippen LogP contribution is -2.23. The topological polar surface area (TPSA) is 95.1 Å². The van der Waals surface area contributed by atoms with E-state index in [0.717, 1.165) is 5.56 Å². The number of H-pyrrole nitrogens is 1. The molecule has 3 N–H and O–H groups in total. The maximum atomic E-state index is 12.0. The minimum absolute atomic E-state index is 0.167. The first kappa shape index (κ1) is 13.7. The smallest absolute Gasteiger partial charge is 0.240 e. The van der Waals surface area contributed by atoms with Crippen molar-refractivity contribution in [3.63, 3.8) is 0 Å². The van der Waals surface area contributed by atoms with Gasteiger partial charge in [-0.15, -0.1) is 0 Å². The molecule has 0 bridgehead atoms. The van der Waals surface area contributed by atoms with Crippen molar-refractivity contribution in [1.82, 2.24) is 14.9 Å². The average Bonchev–Trinajstić information content (AvgIpc) is 2.90. The van der Waals surface area contributed by atoms with Crippen LogP contribution in [-0.2, 0) is 16.6 Å². The summed E-state index contributed by atoms with van der Waals surface area (Å²) in [5.41, 5.74) is 1.43. The minimum Gasteiger partial charge on any atom is -0.389 e. The number of aromatic nitrogens is 2. The summed E-state index contributed by atoms with van der Waals surface area (Å²) in [6.45, 7) is 1.80. The van der Waals surface area contributed by atoms with Crippen LogP contribution in [-0.4, -0.2) is 23.7 Å². The van der Waals surface area contributed by atoms with Gasteiger partial charge in [-0.2, -0.15) is 5.10 Å². The summed E-state index contributed by atoms with van der Waals surface area (Å²) in [7, 11) is -3.55. The van der Waals surface area contributed by atoms with Crippen molar-refractivity contribution in [3.05, 3.63) is 47.8 Å². The fourth-order valence-electron chi connectivity index (χ4n) is 1.56. The van der Waals surface area contributed by atoms with Crippen LogP contribution in [0.3, 0.4) is 0 Å². The Morgan fingerprint density at radius 3 is 2.58 bits per heavy atom. The number of benzene rings is 1. The van der Waals surface area contributed by atoms with Crippen LogP contribution in [0.5, 0.6) is 0 Å². The largest absolute Gasteiger partial charge is 0.389 e. The highest BCUT2D eigenvalue weighted by atomic mass is 32.2. The Labute approximate surface area is 111 Å². The van der Waals surface area contributed by atoms with Gasteiger partial charge in [-0.05, 0) is 24.6 Å².